The van der Waals surface area contributed by atoms with Crippen LogP contribution in [0.25, 0.3) is 0 Å². The maximum Gasteiger partial charge on any atom is 0.335 e. The third-order valence-electron chi connectivity index (χ3n) is 6.07. The summed E-state index contributed by atoms with van der Waals surface area (Å²) in [4.78, 5) is 11.3. The Balaban J connectivity index is 0.00000304. The van der Waals surface area contributed by atoms with Crippen LogP contribution >= 0.6 is 0 Å². The lowest BCUT2D eigenvalue weighted by Gasteiger charge is -2.25. The fraction of sp³-hybridized carbons (Fsp3) is 0.259. The van der Waals surface area contributed by atoms with E-state index in [2.05, 4.69) is 0 Å². The van der Waals surface area contributed by atoms with Gasteiger partial charge in [0.2, 0.25) is 12.5 Å². The first kappa shape index (κ1) is 24.7. The molecule has 1 unspecified atom stereocenters. The summed E-state index contributed by atoms with van der Waals surface area (Å²) in [5.74, 6) is 1.99. The maximum atomic E-state index is 11.3. The van der Waals surface area contributed by atoms with Crippen LogP contribution in [-0.4, -0.2) is 44.9 Å². The van der Waals surface area contributed by atoms with Crippen LogP contribution in [0.4, 0.5) is 5.69 Å². The van der Waals surface area contributed by atoms with Crippen LogP contribution in [0.15, 0.2) is 59.7 Å². The molecule has 0 bridgehead atoms. The number of methoxy groups -OCH3 is 3. The number of hydrogen-bond acceptors (Lipinski definition) is 8. The van der Waals surface area contributed by atoms with Crippen LogP contribution in [-0.2, 0) is 0 Å². The number of fused-ring (bicyclic) bond motifs is 1. The zero-order valence-electron chi connectivity index (χ0n) is 19.5. The van der Waals surface area contributed by atoms with Gasteiger partial charge in [0.1, 0.15) is 0 Å². The highest BCUT2D eigenvalue weighted by molar-refractivity contribution is 6.04. The molecule has 0 radical (unpaired) electrons. The summed E-state index contributed by atoms with van der Waals surface area (Å²) in [7, 11) is 4.71. The minimum atomic E-state index is -0.983. The van der Waals surface area contributed by atoms with E-state index in [4.69, 9.17) is 28.8 Å². The predicted octanol–water partition coefficient (Wildman–Crippen LogP) is 5.13. The zero-order valence-corrected chi connectivity index (χ0v) is 19.5. The highest BCUT2D eigenvalue weighted by Crippen LogP contribution is 2.45. The summed E-state index contributed by atoms with van der Waals surface area (Å²) in [5, 5.41) is 16.1. The summed E-state index contributed by atoms with van der Waals surface area (Å²) in [6.07, 6.45) is 0.582. The normalized spacial score (nSPS) is 15.7. The molecule has 0 spiro atoms. The van der Waals surface area contributed by atoms with E-state index in [0.29, 0.717) is 35.2 Å². The number of rotatable bonds is 7. The number of ether oxygens (including phenoxy) is 5. The highest BCUT2D eigenvalue weighted by Gasteiger charge is 2.32. The SMILES string of the molecule is C.COc1cc(C2CC(c3ccc4c(c3)OCO4)=NN2c2ccc(C(=O)O)cc2)cc(OC)c1OC. The van der Waals surface area contributed by atoms with Gasteiger partial charge in [0, 0.05) is 12.0 Å². The van der Waals surface area contributed by atoms with Gasteiger partial charge in [-0.15, -0.1) is 0 Å². The van der Waals surface area contributed by atoms with Gasteiger partial charge in [-0.25, -0.2) is 4.79 Å². The summed E-state index contributed by atoms with van der Waals surface area (Å²) >= 11 is 0. The van der Waals surface area contributed by atoms with E-state index in [-0.39, 0.29) is 25.8 Å². The van der Waals surface area contributed by atoms with Crippen molar-refractivity contribution in [1.29, 1.82) is 0 Å². The largest absolute Gasteiger partial charge is 0.493 e. The van der Waals surface area contributed by atoms with Crippen LogP contribution in [0.5, 0.6) is 28.7 Å². The van der Waals surface area contributed by atoms with E-state index in [9.17, 15) is 9.90 Å². The Labute approximate surface area is 209 Å². The smallest absolute Gasteiger partial charge is 0.335 e. The van der Waals surface area contributed by atoms with E-state index >= 15 is 0 Å². The second-order valence-electron chi connectivity index (χ2n) is 7.99. The third kappa shape index (κ3) is 4.35. The lowest BCUT2D eigenvalue weighted by atomic mass is 9.97. The molecule has 3 aromatic rings. The van der Waals surface area contributed by atoms with Gasteiger partial charge in [0.25, 0.3) is 0 Å². The molecule has 1 N–H and O–H groups in total. The third-order valence-corrected chi connectivity index (χ3v) is 6.07. The summed E-state index contributed by atoms with van der Waals surface area (Å²) in [6, 6.07) is 16.0. The van der Waals surface area contributed by atoms with Crippen molar-refractivity contribution in [3.63, 3.8) is 0 Å². The van der Waals surface area contributed by atoms with Crippen molar-refractivity contribution in [2.45, 2.75) is 19.9 Å². The highest BCUT2D eigenvalue weighted by atomic mass is 16.7. The monoisotopic (exact) mass is 492 g/mol. The fourth-order valence-electron chi connectivity index (χ4n) is 4.31. The van der Waals surface area contributed by atoms with Gasteiger partial charge in [0.15, 0.2) is 23.0 Å². The fourth-order valence-corrected chi connectivity index (χ4v) is 4.31. The van der Waals surface area contributed by atoms with E-state index in [1.54, 1.807) is 45.6 Å². The van der Waals surface area contributed by atoms with E-state index in [0.717, 1.165) is 22.5 Å². The van der Waals surface area contributed by atoms with Crippen LogP contribution in [0, 0.1) is 0 Å². The molecule has 2 aliphatic rings. The molecule has 0 amide bonds. The van der Waals surface area contributed by atoms with Crippen molar-refractivity contribution in [2.24, 2.45) is 5.10 Å². The molecule has 9 heteroatoms. The lowest BCUT2D eigenvalue weighted by molar-refractivity contribution is 0.0697. The molecular weight excluding hydrogens is 464 g/mol. The van der Waals surface area contributed by atoms with Gasteiger partial charge in [0.05, 0.1) is 44.3 Å². The van der Waals surface area contributed by atoms with Crippen LogP contribution in [0.1, 0.15) is 41.4 Å². The number of carboxylic acid groups (broad SMARTS) is 1. The average molecular weight is 493 g/mol. The van der Waals surface area contributed by atoms with E-state index in [1.165, 1.54) is 0 Å². The Morgan fingerprint density at radius 1 is 0.944 bits per heavy atom. The Morgan fingerprint density at radius 3 is 2.22 bits per heavy atom. The molecule has 0 saturated heterocycles. The molecular formula is C27H28N2O7. The van der Waals surface area contributed by atoms with Gasteiger partial charge in [-0.2, -0.15) is 5.10 Å². The number of carboxylic acids is 1. The standard InChI is InChI=1S/C26H24N2O7.CH4/c1-31-23-11-17(12-24(32-2)25(23)33-3)20-13-19(16-6-9-21-22(10-16)35-14-34-21)27-28(20)18-7-4-15(5-8-18)26(29)30;/h4-12,20H,13-14H2,1-3H3,(H,29,30);1H4. The molecule has 2 aliphatic heterocycles. The molecule has 5 rings (SSSR count). The number of hydrogen-bond donors (Lipinski definition) is 1. The molecule has 0 fully saturated rings. The van der Waals surface area contributed by atoms with Gasteiger partial charge in [-0.1, -0.05) is 7.43 Å². The van der Waals surface area contributed by atoms with Crippen LogP contribution in [0.2, 0.25) is 0 Å². The summed E-state index contributed by atoms with van der Waals surface area (Å²) in [5.41, 5.74) is 3.63. The Morgan fingerprint density at radius 2 is 1.61 bits per heavy atom. The number of hydrazone groups is 1. The first-order chi connectivity index (χ1) is 17.0. The summed E-state index contributed by atoms with van der Waals surface area (Å²) < 4.78 is 27.6. The zero-order chi connectivity index (χ0) is 24.5. The topological polar surface area (TPSA) is 99.1 Å². The molecule has 3 aromatic carbocycles. The Bertz CT molecular complexity index is 1280. The van der Waals surface area contributed by atoms with Crippen LogP contribution in [0.3, 0.4) is 0 Å². The molecule has 0 aliphatic carbocycles. The van der Waals surface area contributed by atoms with Gasteiger partial charge >= 0.3 is 5.97 Å². The molecule has 9 nitrogen and oxygen atoms in total. The van der Waals surface area contributed by atoms with Gasteiger partial charge in [-0.3, -0.25) is 5.01 Å². The molecule has 0 saturated carbocycles. The lowest BCUT2D eigenvalue weighted by Crippen LogP contribution is -2.19. The first-order valence-corrected chi connectivity index (χ1v) is 10.9. The molecule has 2 heterocycles. The molecule has 1 atom stereocenters. The van der Waals surface area contributed by atoms with Crippen molar-refractivity contribution in [3.05, 3.63) is 71.3 Å². The van der Waals surface area contributed by atoms with Crippen molar-refractivity contribution in [2.75, 3.05) is 33.1 Å². The van der Waals surface area contributed by atoms with Crippen molar-refractivity contribution >= 4 is 17.4 Å². The van der Waals surface area contributed by atoms with Crippen LogP contribution < -0.4 is 28.7 Å². The number of aromatic carboxylic acids is 1. The molecule has 0 aromatic heterocycles. The number of carbonyl (C=O) groups is 1. The quantitative estimate of drug-likeness (QED) is 0.485. The van der Waals surface area contributed by atoms with E-state index < -0.39 is 5.97 Å². The minimum Gasteiger partial charge on any atom is -0.493 e. The number of benzene rings is 3. The molecule has 36 heavy (non-hydrogen) atoms. The number of nitrogens with zero attached hydrogens (tertiary/aromatic N) is 2. The van der Waals surface area contributed by atoms with Crippen molar-refractivity contribution in [3.8, 4) is 28.7 Å². The Kier molecular flexibility index (Phi) is 6.91. The van der Waals surface area contributed by atoms with Crippen molar-refractivity contribution < 1.29 is 33.6 Å². The second kappa shape index (κ2) is 10.1. The van der Waals surface area contributed by atoms with Crippen molar-refractivity contribution in [1.82, 2.24) is 0 Å². The van der Waals surface area contributed by atoms with Gasteiger partial charge in [-0.05, 0) is 60.2 Å². The maximum absolute atomic E-state index is 11.3. The van der Waals surface area contributed by atoms with Gasteiger partial charge < -0.3 is 28.8 Å². The second-order valence-corrected chi connectivity index (χ2v) is 7.99. The van der Waals surface area contributed by atoms with E-state index in [1.807, 2.05) is 35.3 Å². The summed E-state index contributed by atoms with van der Waals surface area (Å²) in [6.45, 7) is 0.196. The molecule has 188 valence electrons. The first-order valence-electron chi connectivity index (χ1n) is 10.9. The minimum absolute atomic E-state index is 0. The number of anilines is 1. The predicted molar refractivity (Wildman–Crippen MR) is 135 cm³/mol. The Hall–Kier alpha value is -4.40. The average Bonchev–Trinajstić information content (AvgIpc) is 3.54.